The van der Waals surface area contributed by atoms with Crippen molar-refractivity contribution in [2.24, 2.45) is 0 Å². The zero-order chi connectivity index (χ0) is 11.3. The zero-order valence-corrected chi connectivity index (χ0v) is 8.75. The Labute approximate surface area is 88.4 Å². The Hall–Kier alpha value is -1.14. The van der Waals surface area contributed by atoms with Gasteiger partial charge in [0.05, 0.1) is 12.1 Å². The second-order valence-electron chi connectivity index (χ2n) is 3.56. The maximum Gasteiger partial charge on any atom is 0.237 e. The highest BCUT2D eigenvalue weighted by Crippen LogP contribution is 2.05. The number of nitrogens with one attached hydrogen (secondary N) is 3. The van der Waals surface area contributed by atoms with Crippen molar-refractivity contribution in [3.8, 4) is 0 Å². The van der Waals surface area contributed by atoms with Crippen LogP contribution in [0.15, 0.2) is 0 Å². The number of aliphatic hydroxyl groups is 1. The molecular weight excluding hydrogens is 198 g/mol. The summed E-state index contributed by atoms with van der Waals surface area (Å²) in [5, 5.41) is 17.2. The average Bonchev–Trinajstić information content (AvgIpc) is 2.64. The van der Waals surface area contributed by atoms with E-state index in [1.165, 1.54) is 0 Å². The predicted molar refractivity (Wildman–Crippen MR) is 54.1 cm³/mol. The molecule has 0 saturated carbocycles. The van der Waals surface area contributed by atoms with E-state index in [1.54, 1.807) is 7.05 Å². The number of amides is 2. The summed E-state index contributed by atoms with van der Waals surface area (Å²) in [6.45, 7) is 0.778. The van der Waals surface area contributed by atoms with Crippen LogP contribution in [0.2, 0.25) is 0 Å². The fourth-order valence-electron chi connectivity index (χ4n) is 1.46. The van der Waals surface area contributed by atoms with Gasteiger partial charge >= 0.3 is 0 Å². The molecule has 0 aromatic heterocycles. The molecule has 15 heavy (non-hydrogen) atoms. The summed E-state index contributed by atoms with van der Waals surface area (Å²) in [6.07, 6.45) is 0.267. The van der Waals surface area contributed by atoms with Gasteiger partial charge in [-0.1, -0.05) is 0 Å². The van der Waals surface area contributed by atoms with E-state index < -0.39 is 6.10 Å². The highest BCUT2D eigenvalue weighted by molar-refractivity contribution is 5.83. The molecule has 2 amide bonds. The van der Waals surface area contributed by atoms with Crippen molar-refractivity contribution in [1.82, 2.24) is 16.0 Å². The Morgan fingerprint density at radius 1 is 1.53 bits per heavy atom. The van der Waals surface area contributed by atoms with E-state index >= 15 is 0 Å². The van der Waals surface area contributed by atoms with Gasteiger partial charge in [-0.3, -0.25) is 9.59 Å². The third-order valence-corrected chi connectivity index (χ3v) is 2.35. The molecule has 0 radical (unpaired) electrons. The quantitative estimate of drug-likeness (QED) is 0.435. The lowest BCUT2D eigenvalue weighted by molar-refractivity contribution is -0.123. The van der Waals surface area contributed by atoms with Crippen molar-refractivity contribution in [2.45, 2.75) is 25.0 Å². The van der Waals surface area contributed by atoms with Crippen molar-refractivity contribution in [1.29, 1.82) is 0 Å². The number of β-amino-alcohol motifs (C(OH)–C–C–N with tert-alkyl or cyclic N) is 1. The minimum atomic E-state index is -0.445. The van der Waals surface area contributed by atoms with Gasteiger partial charge in [-0.25, -0.2) is 0 Å². The molecule has 1 aliphatic heterocycles. The molecule has 86 valence electrons. The Morgan fingerprint density at radius 2 is 2.27 bits per heavy atom. The van der Waals surface area contributed by atoms with Crippen LogP contribution >= 0.6 is 0 Å². The lowest BCUT2D eigenvalue weighted by atomic mass is 10.2. The van der Waals surface area contributed by atoms with Gasteiger partial charge in [-0.15, -0.1) is 0 Å². The summed E-state index contributed by atoms with van der Waals surface area (Å²) >= 11 is 0. The Morgan fingerprint density at radius 3 is 2.80 bits per heavy atom. The van der Waals surface area contributed by atoms with Gasteiger partial charge in [0.15, 0.2) is 0 Å². The summed E-state index contributed by atoms with van der Waals surface area (Å²) in [5.74, 6) is -0.259. The second kappa shape index (κ2) is 5.67. The first-order valence-corrected chi connectivity index (χ1v) is 5.03. The molecule has 0 bridgehead atoms. The molecule has 0 aromatic carbocycles. The summed E-state index contributed by atoms with van der Waals surface area (Å²) < 4.78 is 0. The monoisotopic (exact) mass is 215 g/mol. The first-order valence-electron chi connectivity index (χ1n) is 5.03. The first-order chi connectivity index (χ1) is 7.13. The first kappa shape index (κ1) is 11.9. The third-order valence-electron chi connectivity index (χ3n) is 2.35. The van der Waals surface area contributed by atoms with Crippen LogP contribution in [0.5, 0.6) is 0 Å². The fourth-order valence-corrected chi connectivity index (χ4v) is 1.46. The number of carbonyl (C=O) groups is 2. The molecule has 0 spiro atoms. The van der Waals surface area contributed by atoms with Crippen LogP contribution in [0.4, 0.5) is 0 Å². The molecule has 2 unspecified atom stereocenters. The topological polar surface area (TPSA) is 90.5 Å². The number of aliphatic hydroxyl groups excluding tert-OH is 1. The highest BCUT2D eigenvalue weighted by atomic mass is 16.3. The number of carbonyl (C=O) groups excluding carboxylic acids is 2. The normalized spacial score (nSPS) is 24.9. The third kappa shape index (κ3) is 3.85. The standard InChI is InChI=1S/C9H17N3O3/c1-10-8(14)2-3-11-9(15)7-4-6(13)5-12-7/h6-7,12-13H,2-5H2,1H3,(H,10,14)(H,11,15). The summed E-state index contributed by atoms with van der Waals surface area (Å²) in [4.78, 5) is 22.3. The van der Waals surface area contributed by atoms with E-state index in [4.69, 9.17) is 0 Å². The summed E-state index contributed by atoms with van der Waals surface area (Å²) in [5.41, 5.74) is 0. The van der Waals surface area contributed by atoms with Crippen LogP contribution < -0.4 is 16.0 Å². The maximum absolute atomic E-state index is 11.4. The molecule has 1 aliphatic rings. The van der Waals surface area contributed by atoms with Crippen LogP contribution in [-0.4, -0.2) is 49.2 Å². The van der Waals surface area contributed by atoms with E-state index in [-0.39, 0.29) is 24.3 Å². The molecular formula is C9H17N3O3. The molecule has 6 nitrogen and oxygen atoms in total. The molecule has 1 heterocycles. The average molecular weight is 215 g/mol. The van der Waals surface area contributed by atoms with Crippen LogP contribution in [-0.2, 0) is 9.59 Å². The van der Waals surface area contributed by atoms with E-state index in [2.05, 4.69) is 16.0 Å². The van der Waals surface area contributed by atoms with Gasteiger partial charge in [0, 0.05) is 26.6 Å². The van der Waals surface area contributed by atoms with Gasteiger partial charge in [-0.05, 0) is 6.42 Å². The summed E-state index contributed by atoms with van der Waals surface area (Å²) in [7, 11) is 1.55. The largest absolute Gasteiger partial charge is 0.392 e. The van der Waals surface area contributed by atoms with Crippen LogP contribution in [0.25, 0.3) is 0 Å². The minimum absolute atomic E-state index is 0.102. The molecule has 1 saturated heterocycles. The van der Waals surface area contributed by atoms with Gasteiger partial charge in [-0.2, -0.15) is 0 Å². The second-order valence-corrected chi connectivity index (χ2v) is 3.56. The van der Waals surface area contributed by atoms with Crippen molar-refractivity contribution < 1.29 is 14.7 Å². The number of hydrogen-bond acceptors (Lipinski definition) is 4. The molecule has 0 aromatic rings. The predicted octanol–water partition coefficient (Wildman–Crippen LogP) is -2.04. The highest BCUT2D eigenvalue weighted by Gasteiger charge is 2.27. The zero-order valence-electron chi connectivity index (χ0n) is 8.75. The van der Waals surface area contributed by atoms with Crippen LogP contribution in [0.1, 0.15) is 12.8 Å². The molecule has 1 fully saturated rings. The Balaban J connectivity index is 2.16. The van der Waals surface area contributed by atoms with Crippen molar-refractivity contribution in [3.05, 3.63) is 0 Å². The van der Waals surface area contributed by atoms with Gasteiger partial charge in [0.2, 0.25) is 11.8 Å². The van der Waals surface area contributed by atoms with Crippen molar-refractivity contribution in [2.75, 3.05) is 20.1 Å². The minimum Gasteiger partial charge on any atom is -0.392 e. The number of rotatable bonds is 4. The lowest BCUT2D eigenvalue weighted by Gasteiger charge is -2.10. The fraction of sp³-hybridized carbons (Fsp3) is 0.778. The van der Waals surface area contributed by atoms with Crippen LogP contribution in [0, 0.1) is 0 Å². The molecule has 1 rings (SSSR count). The van der Waals surface area contributed by atoms with Gasteiger partial charge in [0.1, 0.15) is 0 Å². The molecule has 2 atom stereocenters. The SMILES string of the molecule is CNC(=O)CCNC(=O)C1CC(O)CN1. The van der Waals surface area contributed by atoms with Crippen LogP contribution in [0.3, 0.4) is 0 Å². The lowest BCUT2D eigenvalue weighted by Crippen LogP contribution is -2.41. The van der Waals surface area contributed by atoms with Crippen molar-refractivity contribution >= 4 is 11.8 Å². The van der Waals surface area contributed by atoms with E-state index in [1.807, 2.05) is 0 Å². The smallest absolute Gasteiger partial charge is 0.237 e. The Kier molecular flexibility index (Phi) is 4.51. The molecule has 4 N–H and O–H groups in total. The van der Waals surface area contributed by atoms with E-state index in [0.717, 1.165) is 0 Å². The van der Waals surface area contributed by atoms with Gasteiger partial charge in [0.25, 0.3) is 0 Å². The Bertz CT molecular complexity index is 245. The molecule has 6 heteroatoms. The summed E-state index contributed by atoms with van der Waals surface area (Å²) in [6, 6.07) is -0.329. The van der Waals surface area contributed by atoms with E-state index in [0.29, 0.717) is 19.5 Å². The molecule has 0 aliphatic carbocycles. The maximum atomic E-state index is 11.4. The van der Waals surface area contributed by atoms with Gasteiger partial charge < -0.3 is 21.1 Å². The van der Waals surface area contributed by atoms with Crippen molar-refractivity contribution in [3.63, 3.8) is 0 Å². The number of hydrogen-bond donors (Lipinski definition) is 4. The van der Waals surface area contributed by atoms with E-state index in [9.17, 15) is 14.7 Å².